The van der Waals surface area contributed by atoms with E-state index in [0.717, 1.165) is 11.1 Å². The normalized spacial score (nSPS) is 11.3. The summed E-state index contributed by atoms with van der Waals surface area (Å²) in [7, 11) is 1.43. The van der Waals surface area contributed by atoms with Gasteiger partial charge in [-0.1, -0.05) is 24.3 Å². The molecule has 0 radical (unpaired) electrons. The Bertz CT molecular complexity index is 1170. The molecule has 10 heteroatoms. The number of guanidine groups is 1. The number of ketones is 1. The molecule has 3 aromatic rings. The first kappa shape index (κ1) is 20.5. The number of methoxy groups -OCH3 is 1. The van der Waals surface area contributed by atoms with Crippen molar-refractivity contribution in [1.29, 1.82) is 0 Å². The Labute approximate surface area is 171 Å². The quantitative estimate of drug-likeness (QED) is 0.179. The van der Waals surface area contributed by atoms with Crippen LogP contribution in [0.15, 0.2) is 52.7 Å². The van der Waals surface area contributed by atoms with Gasteiger partial charge in [-0.2, -0.15) is 5.10 Å². The zero-order chi connectivity index (χ0) is 21.8. The zero-order valence-electron chi connectivity index (χ0n) is 16.4. The Morgan fingerprint density at radius 2 is 1.87 bits per heavy atom. The summed E-state index contributed by atoms with van der Waals surface area (Å²) < 4.78 is 5.10. The summed E-state index contributed by atoms with van der Waals surface area (Å²) in [5.74, 6) is 0.0198. The van der Waals surface area contributed by atoms with Gasteiger partial charge in [-0.05, 0) is 30.2 Å². The fourth-order valence-electron chi connectivity index (χ4n) is 2.95. The largest absolute Gasteiger partial charge is 0.496 e. The Balaban J connectivity index is 1.83. The van der Waals surface area contributed by atoms with Crippen molar-refractivity contribution in [1.82, 2.24) is 4.98 Å². The van der Waals surface area contributed by atoms with E-state index in [0.29, 0.717) is 16.8 Å². The van der Waals surface area contributed by atoms with Gasteiger partial charge in [-0.3, -0.25) is 14.9 Å². The zero-order valence-corrected chi connectivity index (χ0v) is 16.4. The van der Waals surface area contributed by atoms with E-state index < -0.39 is 4.92 Å². The van der Waals surface area contributed by atoms with Gasteiger partial charge in [-0.15, -0.1) is 5.10 Å². The summed E-state index contributed by atoms with van der Waals surface area (Å²) in [6.45, 7) is 1.76. The summed E-state index contributed by atoms with van der Waals surface area (Å²) >= 11 is 0. The number of benzene rings is 2. The van der Waals surface area contributed by atoms with Crippen molar-refractivity contribution in [3.63, 3.8) is 0 Å². The third kappa shape index (κ3) is 4.43. The average Bonchev–Trinajstić information content (AvgIpc) is 3.15. The number of ether oxygens (including phenoxy) is 1. The lowest BCUT2D eigenvalue weighted by Crippen LogP contribution is -2.22. The van der Waals surface area contributed by atoms with Gasteiger partial charge in [0.15, 0.2) is 5.78 Å². The molecular formula is C20H20N6O4. The number of aromatic amines is 1. The van der Waals surface area contributed by atoms with E-state index in [-0.39, 0.29) is 35.1 Å². The molecule has 3 rings (SSSR count). The molecule has 0 saturated carbocycles. The number of nitrogens with zero attached hydrogens (tertiary/aromatic N) is 3. The molecule has 0 unspecified atom stereocenters. The maximum absolute atomic E-state index is 12.7. The molecule has 0 saturated heterocycles. The van der Waals surface area contributed by atoms with Crippen molar-refractivity contribution in [3.8, 4) is 5.75 Å². The number of fused-ring (bicyclic) bond motifs is 1. The lowest BCUT2D eigenvalue weighted by molar-refractivity contribution is -0.383. The highest BCUT2D eigenvalue weighted by atomic mass is 16.6. The number of non-ortho nitro benzene ring substituents is 1. The Kier molecular flexibility index (Phi) is 5.77. The first-order valence-corrected chi connectivity index (χ1v) is 8.89. The lowest BCUT2D eigenvalue weighted by atomic mass is 10.0. The molecule has 2 aromatic carbocycles. The van der Waals surface area contributed by atoms with Crippen molar-refractivity contribution in [3.05, 3.63) is 69.4 Å². The van der Waals surface area contributed by atoms with Crippen molar-refractivity contribution >= 4 is 34.0 Å². The van der Waals surface area contributed by atoms with Crippen LogP contribution in [0.1, 0.15) is 28.5 Å². The standard InChI is InChI=1S/C20H20N6O4/c1-11(24-25-20(21)22)13-5-3-12(4-6-13)7-18(27)16-9-14-8-15(30-2)10-17(26(28)29)19(14)23-16/h3-6,8-10,23H,7H2,1-2H3,(H4,21,22,25)/b24-11+. The second-order valence-electron chi connectivity index (χ2n) is 6.56. The number of rotatable bonds is 7. The average molecular weight is 408 g/mol. The lowest BCUT2D eigenvalue weighted by Gasteiger charge is -2.03. The van der Waals surface area contributed by atoms with E-state index in [1.54, 1.807) is 31.2 Å². The number of hydrogen-bond acceptors (Lipinski definition) is 6. The number of nitro groups is 1. The molecule has 5 N–H and O–H groups in total. The van der Waals surface area contributed by atoms with Crippen molar-refractivity contribution in [2.45, 2.75) is 13.3 Å². The van der Waals surface area contributed by atoms with Crippen LogP contribution in [-0.2, 0) is 6.42 Å². The maximum Gasteiger partial charge on any atom is 0.296 e. The first-order chi connectivity index (χ1) is 14.3. The molecular weight excluding hydrogens is 388 g/mol. The Morgan fingerprint density at radius 1 is 1.17 bits per heavy atom. The predicted octanol–water partition coefficient (Wildman–Crippen LogP) is 2.51. The second kappa shape index (κ2) is 8.43. The van der Waals surface area contributed by atoms with E-state index in [1.165, 1.54) is 13.2 Å². The van der Waals surface area contributed by atoms with Crippen LogP contribution in [0.2, 0.25) is 0 Å². The Hall–Kier alpha value is -4.21. The van der Waals surface area contributed by atoms with Gasteiger partial charge in [0.05, 0.1) is 29.5 Å². The smallest absolute Gasteiger partial charge is 0.296 e. The van der Waals surface area contributed by atoms with E-state index in [2.05, 4.69) is 15.2 Å². The number of carbonyl (C=O) groups excluding carboxylic acids is 1. The van der Waals surface area contributed by atoms with Crippen molar-refractivity contribution < 1.29 is 14.5 Å². The fourth-order valence-corrected chi connectivity index (χ4v) is 2.95. The number of H-pyrrole nitrogens is 1. The highest BCUT2D eigenvalue weighted by Gasteiger charge is 2.19. The molecule has 154 valence electrons. The van der Waals surface area contributed by atoms with Crippen LogP contribution in [-0.4, -0.2) is 34.5 Å². The number of Topliss-reactive ketones (excluding diaryl/α,β-unsaturated/α-hetero) is 1. The summed E-state index contributed by atoms with van der Waals surface area (Å²) in [5, 5.41) is 19.4. The molecule has 1 heterocycles. The predicted molar refractivity (Wildman–Crippen MR) is 114 cm³/mol. The van der Waals surface area contributed by atoms with Gasteiger partial charge in [-0.25, -0.2) is 0 Å². The number of carbonyl (C=O) groups is 1. The SMILES string of the molecule is COc1cc([N+](=O)[O-])c2[nH]c(C(=O)Cc3ccc(/C(C)=N/N=C(N)N)cc3)cc2c1. The molecule has 10 nitrogen and oxygen atoms in total. The number of nitrogens with two attached hydrogens (primary N) is 2. The van der Waals surface area contributed by atoms with Crippen molar-refractivity contribution in [2.24, 2.45) is 21.7 Å². The van der Waals surface area contributed by atoms with Gasteiger partial charge < -0.3 is 21.2 Å². The number of nitro benzene ring substituents is 1. The third-order valence-corrected chi connectivity index (χ3v) is 4.47. The molecule has 30 heavy (non-hydrogen) atoms. The third-order valence-electron chi connectivity index (χ3n) is 4.47. The molecule has 0 aliphatic rings. The topological polar surface area (TPSA) is 162 Å². The van der Waals surface area contributed by atoms with Crippen LogP contribution < -0.4 is 16.2 Å². The van der Waals surface area contributed by atoms with E-state index in [1.807, 2.05) is 12.1 Å². The molecule has 0 spiro atoms. The summed E-state index contributed by atoms with van der Waals surface area (Å²) in [4.78, 5) is 26.4. The monoisotopic (exact) mass is 408 g/mol. The highest BCUT2D eigenvalue weighted by Crippen LogP contribution is 2.31. The van der Waals surface area contributed by atoms with E-state index in [4.69, 9.17) is 16.2 Å². The van der Waals surface area contributed by atoms with Gasteiger partial charge in [0.25, 0.3) is 5.69 Å². The van der Waals surface area contributed by atoms with Gasteiger partial charge in [0.1, 0.15) is 11.3 Å². The minimum absolute atomic E-state index is 0.127. The fraction of sp³-hybridized carbons (Fsp3) is 0.150. The Morgan fingerprint density at radius 3 is 2.47 bits per heavy atom. The summed E-state index contributed by atoms with van der Waals surface area (Å²) in [6, 6.07) is 11.8. The molecule has 0 amide bonds. The number of nitrogens with one attached hydrogen (secondary N) is 1. The molecule has 0 aliphatic carbocycles. The van der Waals surface area contributed by atoms with Crippen LogP contribution in [0.5, 0.6) is 5.75 Å². The van der Waals surface area contributed by atoms with Crippen molar-refractivity contribution in [2.75, 3.05) is 7.11 Å². The molecule has 0 bridgehead atoms. The maximum atomic E-state index is 12.7. The molecule has 0 fully saturated rings. The minimum Gasteiger partial charge on any atom is -0.496 e. The molecule has 0 aliphatic heterocycles. The van der Waals surface area contributed by atoms with E-state index in [9.17, 15) is 14.9 Å². The first-order valence-electron chi connectivity index (χ1n) is 8.89. The van der Waals surface area contributed by atoms with Crippen LogP contribution in [0.4, 0.5) is 5.69 Å². The second-order valence-corrected chi connectivity index (χ2v) is 6.56. The van der Waals surface area contributed by atoms with Crippen LogP contribution >= 0.6 is 0 Å². The van der Waals surface area contributed by atoms with Gasteiger partial charge in [0.2, 0.25) is 5.96 Å². The molecule has 1 aromatic heterocycles. The minimum atomic E-state index is -0.513. The van der Waals surface area contributed by atoms with Crippen LogP contribution in [0.3, 0.4) is 0 Å². The van der Waals surface area contributed by atoms with E-state index >= 15 is 0 Å². The summed E-state index contributed by atoms with van der Waals surface area (Å²) in [6.07, 6.45) is 0.127. The molecule has 0 atom stereocenters. The van der Waals surface area contributed by atoms with Gasteiger partial charge >= 0.3 is 0 Å². The van der Waals surface area contributed by atoms with Crippen LogP contribution in [0.25, 0.3) is 10.9 Å². The number of hydrogen-bond donors (Lipinski definition) is 3. The summed E-state index contributed by atoms with van der Waals surface area (Å²) in [5.41, 5.74) is 13.2. The highest BCUT2D eigenvalue weighted by molar-refractivity contribution is 6.03. The van der Waals surface area contributed by atoms with Crippen LogP contribution in [0, 0.1) is 10.1 Å². The van der Waals surface area contributed by atoms with Gasteiger partial charge in [0, 0.05) is 11.8 Å². The number of aromatic nitrogens is 1.